The van der Waals surface area contributed by atoms with Crippen LogP contribution in [0.1, 0.15) is 51.5 Å². The Bertz CT molecular complexity index is 623. The van der Waals surface area contributed by atoms with E-state index in [2.05, 4.69) is 10.3 Å². The van der Waals surface area contributed by atoms with E-state index in [4.69, 9.17) is 4.74 Å². The fourth-order valence-corrected chi connectivity index (χ4v) is 3.13. The number of amidine groups is 1. The molecule has 0 unspecified atom stereocenters. The second-order valence-corrected chi connectivity index (χ2v) is 6.55. The molecule has 1 aromatic rings. The first kappa shape index (κ1) is 15.8. The number of hydrogen-bond acceptors (Lipinski definition) is 3. The monoisotopic (exact) mass is 312 g/mol. The first-order valence-electron chi connectivity index (χ1n) is 8.50. The Morgan fingerprint density at radius 2 is 1.87 bits per heavy atom. The molecule has 1 saturated carbocycles. The lowest BCUT2D eigenvalue weighted by Crippen LogP contribution is -2.31. The fourth-order valence-electron chi connectivity index (χ4n) is 3.13. The van der Waals surface area contributed by atoms with Crippen molar-refractivity contribution < 1.29 is 9.53 Å². The van der Waals surface area contributed by atoms with Crippen LogP contribution in [0.2, 0.25) is 0 Å². The Morgan fingerprint density at radius 3 is 2.52 bits per heavy atom. The highest BCUT2D eigenvalue weighted by molar-refractivity contribution is 6.15. The van der Waals surface area contributed by atoms with Gasteiger partial charge in [0.15, 0.2) is 0 Å². The molecule has 23 heavy (non-hydrogen) atoms. The highest BCUT2D eigenvalue weighted by Gasteiger charge is 2.27. The maximum absolute atomic E-state index is 12.1. The van der Waals surface area contributed by atoms with Crippen LogP contribution in [0.5, 0.6) is 5.75 Å². The number of carbonyl (C=O) groups is 1. The molecule has 122 valence electrons. The second kappa shape index (κ2) is 6.99. The van der Waals surface area contributed by atoms with Crippen molar-refractivity contribution in [1.29, 1.82) is 0 Å². The van der Waals surface area contributed by atoms with Crippen LogP contribution in [-0.2, 0) is 4.79 Å². The molecule has 1 aliphatic carbocycles. The molecule has 3 rings (SSSR count). The fraction of sp³-hybridized carbons (Fsp3) is 0.474. The highest BCUT2D eigenvalue weighted by atomic mass is 16.5. The van der Waals surface area contributed by atoms with E-state index in [1.54, 1.807) is 0 Å². The summed E-state index contributed by atoms with van der Waals surface area (Å²) in [6.45, 7) is 4.00. The topological polar surface area (TPSA) is 50.7 Å². The summed E-state index contributed by atoms with van der Waals surface area (Å²) in [5, 5.41) is 2.95. The van der Waals surface area contributed by atoms with Gasteiger partial charge in [0.1, 0.15) is 17.3 Å². The van der Waals surface area contributed by atoms with Crippen LogP contribution >= 0.6 is 0 Å². The molecule has 1 aromatic carbocycles. The van der Waals surface area contributed by atoms with E-state index in [-0.39, 0.29) is 12.0 Å². The summed E-state index contributed by atoms with van der Waals surface area (Å²) in [6.07, 6.45) is 8.02. The van der Waals surface area contributed by atoms with Gasteiger partial charge in [0.05, 0.1) is 6.10 Å². The van der Waals surface area contributed by atoms with Crippen molar-refractivity contribution in [3.63, 3.8) is 0 Å². The van der Waals surface area contributed by atoms with Gasteiger partial charge in [0.2, 0.25) is 0 Å². The molecule has 4 nitrogen and oxygen atoms in total. The Morgan fingerprint density at radius 1 is 1.17 bits per heavy atom. The van der Waals surface area contributed by atoms with Crippen molar-refractivity contribution in [3.05, 3.63) is 35.5 Å². The van der Waals surface area contributed by atoms with Gasteiger partial charge in [-0.15, -0.1) is 0 Å². The van der Waals surface area contributed by atoms with E-state index >= 15 is 0 Å². The molecule has 4 heteroatoms. The van der Waals surface area contributed by atoms with Crippen LogP contribution in [0.15, 0.2) is 35.0 Å². The number of nitrogens with one attached hydrogen (secondary N) is 1. The summed E-state index contributed by atoms with van der Waals surface area (Å²) in [4.78, 5) is 16.7. The van der Waals surface area contributed by atoms with E-state index in [0.717, 1.165) is 30.0 Å². The molecule has 0 atom stereocenters. The number of aliphatic imine (C=N–C) groups is 1. The highest BCUT2D eigenvalue weighted by Crippen LogP contribution is 2.27. The van der Waals surface area contributed by atoms with Crippen LogP contribution in [0, 0.1) is 5.92 Å². The van der Waals surface area contributed by atoms with E-state index in [0.29, 0.717) is 11.6 Å². The molecular formula is C19H24N2O2. The largest absolute Gasteiger partial charge is 0.491 e. The predicted molar refractivity (Wildman–Crippen MR) is 92.3 cm³/mol. The average molecular weight is 312 g/mol. The lowest BCUT2D eigenvalue weighted by atomic mass is 9.88. The quantitative estimate of drug-likeness (QED) is 0.857. The zero-order chi connectivity index (χ0) is 16.2. The zero-order valence-corrected chi connectivity index (χ0v) is 13.8. The van der Waals surface area contributed by atoms with E-state index in [9.17, 15) is 4.79 Å². The number of rotatable bonds is 4. The summed E-state index contributed by atoms with van der Waals surface area (Å²) in [7, 11) is 0. The molecule has 0 radical (unpaired) electrons. The summed E-state index contributed by atoms with van der Waals surface area (Å²) in [5.41, 5.74) is 1.46. The number of amides is 1. The lowest BCUT2D eigenvalue weighted by Gasteiger charge is -2.20. The standard InChI is InChI=1S/C19H24N2O2/c1-13(2)23-16-10-8-14(9-11-16)12-17-19(22)21-18(20-17)15-6-4-3-5-7-15/h8-13,15H,3-7H2,1-2H3,(H,20,21,22)/b17-12+. The maximum atomic E-state index is 12.1. The van der Waals surface area contributed by atoms with Crippen LogP contribution in [0.3, 0.4) is 0 Å². The molecule has 1 amide bonds. The van der Waals surface area contributed by atoms with Gasteiger partial charge < -0.3 is 10.1 Å². The van der Waals surface area contributed by atoms with Gasteiger partial charge in [-0.25, -0.2) is 4.99 Å². The van der Waals surface area contributed by atoms with Crippen LogP contribution in [0.4, 0.5) is 0 Å². The van der Waals surface area contributed by atoms with Crippen molar-refractivity contribution in [2.75, 3.05) is 0 Å². The third kappa shape index (κ3) is 4.01. The molecular weight excluding hydrogens is 288 g/mol. The van der Waals surface area contributed by atoms with Gasteiger partial charge in [-0.3, -0.25) is 4.79 Å². The number of carbonyl (C=O) groups excluding carboxylic acids is 1. The van der Waals surface area contributed by atoms with Gasteiger partial charge in [0.25, 0.3) is 5.91 Å². The molecule has 0 bridgehead atoms. The Hall–Kier alpha value is -2.10. The molecule has 1 fully saturated rings. The minimum Gasteiger partial charge on any atom is -0.491 e. The number of nitrogens with zero attached hydrogens (tertiary/aromatic N) is 1. The summed E-state index contributed by atoms with van der Waals surface area (Å²) < 4.78 is 5.63. The molecule has 0 aromatic heterocycles. The summed E-state index contributed by atoms with van der Waals surface area (Å²) in [5.74, 6) is 2.03. The first-order valence-corrected chi connectivity index (χ1v) is 8.50. The van der Waals surface area contributed by atoms with Gasteiger partial charge in [-0.05, 0) is 50.5 Å². The number of benzene rings is 1. The third-order valence-corrected chi connectivity index (χ3v) is 4.26. The van der Waals surface area contributed by atoms with Crippen molar-refractivity contribution in [2.24, 2.45) is 10.9 Å². The van der Waals surface area contributed by atoms with Gasteiger partial charge in [-0.1, -0.05) is 31.4 Å². The molecule has 0 spiro atoms. The number of ether oxygens (including phenoxy) is 1. The molecule has 1 N–H and O–H groups in total. The Labute approximate surface area is 137 Å². The summed E-state index contributed by atoms with van der Waals surface area (Å²) >= 11 is 0. The van der Waals surface area contributed by atoms with Crippen LogP contribution in [0.25, 0.3) is 6.08 Å². The van der Waals surface area contributed by atoms with Gasteiger partial charge in [-0.2, -0.15) is 0 Å². The molecule has 0 saturated heterocycles. The predicted octanol–water partition coefficient (Wildman–Crippen LogP) is 3.92. The van der Waals surface area contributed by atoms with E-state index < -0.39 is 0 Å². The summed E-state index contributed by atoms with van der Waals surface area (Å²) in [6, 6.07) is 7.74. The smallest absolute Gasteiger partial charge is 0.275 e. The normalized spacial score (nSPS) is 20.7. The first-order chi connectivity index (χ1) is 11.1. The van der Waals surface area contributed by atoms with Crippen LogP contribution in [-0.4, -0.2) is 17.8 Å². The van der Waals surface area contributed by atoms with Crippen molar-refractivity contribution >= 4 is 17.8 Å². The van der Waals surface area contributed by atoms with Crippen molar-refractivity contribution in [1.82, 2.24) is 5.32 Å². The average Bonchev–Trinajstić information content (AvgIpc) is 2.91. The zero-order valence-electron chi connectivity index (χ0n) is 13.8. The van der Waals surface area contributed by atoms with Gasteiger partial charge in [0, 0.05) is 5.92 Å². The van der Waals surface area contributed by atoms with Crippen LogP contribution < -0.4 is 10.1 Å². The SMILES string of the molecule is CC(C)Oc1ccc(/C=C2/N=C(C3CCCCC3)NC2=O)cc1. The molecule has 2 aliphatic rings. The minimum atomic E-state index is -0.0897. The van der Waals surface area contributed by atoms with Gasteiger partial charge >= 0.3 is 0 Å². The maximum Gasteiger partial charge on any atom is 0.275 e. The Kier molecular flexibility index (Phi) is 4.79. The molecule has 1 aliphatic heterocycles. The lowest BCUT2D eigenvalue weighted by molar-refractivity contribution is -0.115. The van der Waals surface area contributed by atoms with Crippen molar-refractivity contribution in [3.8, 4) is 5.75 Å². The number of hydrogen-bond donors (Lipinski definition) is 1. The van der Waals surface area contributed by atoms with E-state index in [1.165, 1.54) is 19.3 Å². The minimum absolute atomic E-state index is 0.0897. The molecule has 1 heterocycles. The second-order valence-electron chi connectivity index (χ2n) is 6.55. The third-order valence-electron chi connectivity index (χ3n) is 4.26. The van der Waals surface area contributed by atoms with E-state index in [1.807, 2.05) is 44.2 Å². The Balaban J connectivity index is 1.73. The van der Waals surface area contributed by atoms with Crippen molar-refractivity contribution in [2.45, 2.75) is 52.1 Å².